The molecule has 10 heteroatoms. The van der Waals surface area contributed by atoms with E-state index in [1.54, 1.807) is 42.6 Å². The summed E-state index contributed by atoms with van der Waals surface area (Å²) in [6, 6.07) is 12.2. The van der Waals surface area contributed by atoms with Gasteiger partial charge in [-0.2, -0.15) is 4.98 Å². The van der Waals surface area contributed by atoms with Crippen molar-refractivity contribution in [2.75, 3.05) is 30.6 Å². The minimum absolute atomic E-state index is 0.0211. The van der Waals surface area contributed by atoms with E-state index in [1.807, 2.05) is 19.9 Å². The maximum Gasteiger partial charge on any atom is 0.251 e. The van der Waals surface area contributed by atoms with Crippen LogP contribution in [-0.4, -0.2) is 40.9 Å². The molecular weight excluding hydrogens is 446 g/mol. The first-order chi connectivity index (χ1) is 15.8. The number of aliphatic hydroxyl groups is 1. The predicted molar refractivity (Wildman–Crippen MR) is 126 cm³/mol. The second kappa shape index (κ2) is 9.51. The van der Waals surface area contributed by atoms with Gasteiger partial charge in [-0.25, -0.2) is 4.98 Å². The highest BCUT2D eigenvalue weighted by Crippen LogP contribution is 2.44. The van der Waals surface area contributed by atoms with Crippen LogP contribution in [0.4, 0.5) is 23.1 Å². The van der Waals surface area contributed by atoms with E-state index >= 15 is 0 Å². The molecular formula is C23H24ClN5O4. The van der Waals surface area contributed by atoms with Crippen LogP contribution in [0.5, 0.6) is 11.5 Å². The Balaban J connectivity index is 1.47. The lowest BCUT2D eigenvalue weighted by molar-refractivity contribution is 0.0911. The van der Waals surface area contributed by atoms with Gasteiger partial charge in [0.15, 0.2) is 11.5 Å². The highest BCUT2D eigenvalue weighted by molar-refractivity contribution is 6.33. The van der Waals surface area contributed by atoms with Gasteiger partial charge in [-0.15, -0.1) is 0 Å². The largest absolute Gasteiger partial charge is 0.454 e. The third-order valence-electron chi connectivity index (χ3n) is 4.93. The Morgan fingerprint density at radius 1 is 1.18 bits per heavy atom. The van der Waals surface area contributed by atoms with E-state index in [-0.39, 0.29) is 19.3 Å². The number of aliphatic hydroxyl groups excluding tert-OH is 1. The number of benzene rings is 2. The lowest BCUT2D eigenvalue weighted by Crippen LogP contribution is -2.36. The number of ether oxygens (including phenoxy) is 2. The van der Waals surface area contributed by atoms with Crippen molar-refractivity contribution < 1.29 is 19.4 Å². The van der Waals surface area contributed by atoms with Gasteiger partial charge < -0.3 is 30.5 Å². The molecule has 4 N–H and O–H groups in total. The van der Waals surface area contributed by atoms with E-state index in [0.717, 1.165) is 0 Å². The first kappa shape index (κ1) is 22.6. The number of aromatic nitrogens is 2. The molecule has 172 valence electrons. The minimum atomic E-state index is -0.397. The summed E-state index contributed by atoms with van der Waals surface area (Å²) in [6.45, 7) is 4.21. The van der Waals surface area contributed by atoms with E-state index in [4.69, 9.17) is 21.1 Å². The molecule has 0 radical (unpaired) electrons. The molecule has 0 atom stereocenters. The van der Waals surface area contributed by atoms with Gasteiger partial charge in [0.1, 0.15) is 11.5 Å². The van der Waals surface area contributed by atoms with Crippen LogP contribution in [0.25, 0.3) is 0 Å². The van der Waals surface area contributed by atoms with Gasteiger partial charge in [0.05, 0.1) is 5.02 Å². The molecule has 2 aromatic carbocycles. The van der Waals surface area contributed by atoms with Crippen molar-refractivity contribution in [3.63, 3.8) is 0 Å². The normalized spacial score (nSPS) is 12.4. The van der Waals surface area contributed by atoms with E-state index < -0.39 is 5.41 Å². The monoisotopic (exact) mass is 469 g/mol. The van der Waals surface area contributed by atoms with Crippen molar-refractivity contribution >= 4 is 40.6 Å². The maximum absolute atomic E-state index is 12.5. The van der Waals surface area contributed by atoms with Gasteiger partial charge in [-0.3, -0.25) is 4.79 Å². The second-order valence-electron chi connectivity index (χ2n) is 8.26. The van der Waals surface area contributed by atoms with Crippen LogP contribution in [0.2, 0.25) is 5.02 Å². The SMILES string of the molecule is CC(C)(CO)CNC(=O)c1cccc(Nc2nccc(Nc3c(Cl)ccc4c3OCO4)n2)c1. The number of fused-ring (bicyclic) bond motifs is 1. The molecule has 2 heterocycles. The number of halogens is 1. The van der Waals surface area contributed by atoms with Crippen molar-refractivity contribution in [1.82, 2.24) is 15.3 Å². The number of hydrogen-bond acceptors (Lipinski definition) is 8. The molecule has 1 aromatic heterocycles. The zero-order valence-electron chi connectivity index (χ0n) is 18.2. The Morgan fingerprint density at radius 3 is 2.85 bits per heavy atom. The zero-order chi connectivity index (χ0) is 23.4. The van der Waals surface area contributed by atoms with Gasteiger partial charge >= 0.3 is 0 Å². The molecule has 1 amide bonds. The Hall–Kier alpha value is -3.56. The standard InChI is InChI=1S/C23H24ClN5O4/c1-23(2,12-30)11-26-21(31)14-4-3-5-15(10-14)27-22-25-9-8-18(29-22)28-19-16(24)6-7-17-20(19)33-13-32-17/h3-10,30H,11-13H2,1-2H3,(H,26,31)(H2,25,27,28,29). The van der Waals surface area contributed by atoms with E-state index in [0.29, 0.717) is 51.8 Å². The zero-order valence-corrected chi connectivity index (χ0v) is 18.9. The van der Waals surface area contributed by atoms with Gasteiger partial charge in [-0.1, -0.05) is 31.5 Å². The van der Waals surface area contributed by atoms with E-state index in [9.17, 15) is 9.90 Å². The van der Waals surface area contributed by atoms with Crippen LogP contribution in [0.3, 0.4) is 0 Å². The summed E-state index contributed by atoms with van der Waals surface area (Å²) < 4.78 is 10.9. The summed E-state index contributed by atoms with van der Waals surface area (Å²) in [5.41, 5.74) is 1.29. The fraction of sp³-hybridized carbons (Fsp3) is 0.261. The highest BCUT2D eigenvalue weighted by atomic mass is 35.5. The molecule has 0 bridgehead atoms. The predicted octanol–water partition coefficient (Wildman–Crippen LogP) is 4.09. The third-order valence-corrected chi connectivity index (χ3v) is 5.25. The Morgan fingerprint density at radius 2 is 2.03 bits per heavy atom. The van der Waals surface area contributed by atoms with Crippen LogP contribution in [0.1, 0.15) is 24.2 Å². The Bertz CT molecular complexity index is 1170. The molecule has 0 aliphatic carbocycles. The van der Waals surface area contributed by atoms with Crippen molar-refractivity contribution in [2.45, 2.75) is 13.8 Å². The van der Waals surface area contributed by atoms with Crippen molar-refractivity contribution in [3.8, 4) is 11.5 Å². The number of anilines is 4. The summed E-state index contributed by atoms with van der Waals surface area (Å²) in [5.74, 6) is 1.73. The molecule has 1 aliphatic heterocycles. The molecule has 0 saturated heterocycles. The number of hydrogen-bond donors (Lipinski definition) is 4. The van der Waals surface area contributed by atoms with Gasteiger partial charge in [-0.05, 0) is 36.4 Å². The molecule has 0 saturated carbocycles. The average Bonchev–Trinajstić information content (AvgIpc) is 3.29. The molecule has 33 heavy (non-hydrogen) atoms. The molecule has 9 nitrogen and oxygen atoms in total. The fourth-order valence-electron chi connectivity index (χ4n) is 3.03. The van der Waals surface area contributed by atoms with Crippen molar-refractivity contribution in [1.29, 1.82) is 0 Å². The van der Waals surface area contributed by atoms with Crippen molar-refractivity contribution in [2.24, 2.45) is 5.41 Å². The average molecular weight is 470 g/mol. The molecule has 1 aliphatic rings. The lowest BCUT2D eigenvalue weighted by atomic mass is 9.95. The summed E-state index contributed by atoms with van der Waals surface area (Å²) in [5, 5.41) is 18.9. The van der Waals surface area contributed by atoms with Gasteiger partial charge in [0.25, 0.3) is 5.91 Å². The Kier molecular flexibility index (Phi) is 6.52. The van der Waals surface area contributed by atoms with Gasteiger partial charge in [0, 0.05) is 36.0 Å². The summed E-state index contributed by atoms with van der Waals surface area (Å²) in [6.07, 6.45) is 1.60. The minimum Gasteiger partial charge on any atom is -0.454 e. The van der Waals surface area contributed by atoms with Crippen LogP contribution >= 0.6 is 11.6 Å². The van der Waals surface area contributed by atoms with Gasteiger partial charge in [0.2, 0.25) is 12.7 Å². The number of rotatable bonds is 8. The number of amides is 1. The van der Waals surface area contributed by atoms with Crippen LogP contribution in [0.15, 0.2) is 48.7 Å². The maximum atomic E-state index is 12.5. The molecule has 3 aromatic rings. The summed E-state index contributed by atoms with van der Waals surface area (Å²) in [4.78, 5) is 21.2. The van der Waals surface area contributed by atoms with Crippen LogP contribution in [-0.2, 0) is 0 Å². The van der Waals surface area contributed by atoms with E-state index in [1.165, 1.54) is 0 Å². The Labute approximate surface area is 196 Å². The highest BCUT2D eigenvalue weighted by Gasteiger charge is 2.21. The fourth-order valence-corrected chi connectivity index (χ4v) is 3.22. The van der Waals surface area contributed by atoms with Crippen LogP contribution in [0, 0.1) is 5.41 Å². The molecule has 4 rings (SSSR count). The van der Waals surface area contributed by atoms with E-state index in [2.05, 4.69) is 25.9 Å². The first-order valence-corrected chi connectivity index (χ1v) is 10.7. The quantitative estimate of drug-likeness (QED) is 0.389. The summed E-state index contributed by atoms with van der Waals surface area (Å²) in [7, 11) is 0. The topological polar surface area (TPSA) is 118 Å². The summed E-state index contributed by atoms with van der Waals surface area (Å²) >= 11 is 6.33. The number of nitrogens with zero attached hydrogens (tertiary/aromatic N) is 2. The molecule has 0 fully saturated rings. The number of carbonyl (C=O) groups excluding carboxylic acids is 1. The van der Waals surface area contributed by atoms with Crippen molar-refractivity contribution in [3.05, 3.63) is 59.2 Å². The lowest BCUT2D eigenvalue weighted by Gasteiger charge is -2.21. The number of nitrogens with one attached hydrogen (secondary N) is 3. The first-order valence-electron chi connectivity index (χ1n) is 10.3. The third kappa shape index (κ3) is 5.44. The second-order valence-corrected chi connectivity index (χ2v) is 8.66. The smallest absolute Gasteiger partial charge is 0.251 e. The number of carbonyl (C=O) groups is 1. The van der Waals surface area contributed by atoms with Crippen LogP contribution < -0.4 is 25.4 Å². The molecule has 0 spiro atoms. The molecule has 0 unspecified atom stereocenters.